The zero-order valence-corrected chi connectivity index (χ0v) is 11.9. The summed E-state index contributed by atoms with van der Waals surface area (Å²) in [6, 6.07) is 17.1. The highest BCUT2D eigenvalue weighted by atomic mass is 16.5. The van der Waals surface area contributed by atoms with Crippen LogP contribution in [0, 0.1) is 0 Å². The molecule has 1 aliphatic rings. The highest BCUT2D eigenvalue weighted by Crippen LogP contribution is 2.18. The van der Waals surface area contributed by atoms with Crippen LogP contribution in [-0.4, -0.2) is 25.5 Å². The number of hydrogen-bond acceptors (Lipinski definition) is 4. The summed E-state index contributed by atoms with van der Waals surface area (Å²) in [4.78, 5) is 12.5. The molecule has 2 aromatic rings. The molecule has 0 amide bonds. The van der Waals surface area contributed by atoms with E-state index in [0.717, 1.165) is 11.3 Å². The number of ketones is 1. The van der Waals surface area contributed by atoms with Gasteiger partial charge in [0.05, 0.1) is 19.3 Å². The second-order valence-electron chi connectivity index (χ2n) is 5.06. The summed E-state index contributed by atoms with van der Waals surface area (Å²) in [6.07, 6.45) is 0.0263. The Kier molecular flexibility index (Phi) is 3.99. The molecule has 1 aliphatic heterocycles. The van der Waals surface area contributed by atoms with Gasteiger partial charge in [-0.25, -0.2) is 0 Å². The van der Waals surface area contributed by atoms with Crippen molar-refractivity contribution < 1.29 is 9.53 Å². The molecular weight excluding hydrogens is 264 g/mol. The lowest BCUT2D eigenvalue weighted by molar-refractivity contribution is 0.0955. The molecule has 0 spiro atoms. The Morgan fingerprint density at radius 3 is 2.48 bits per heavy atom. The molecule has 0 radical (unpaired) electrons. The van der Waals surface area contributed by atoms with Crippen molar-refractivity contribution in [2.24, 2.45) is 0 Å². The molecule has 21 heavy (non-hydrogen) atoms. The molecule has 1 saturated heterocycles. The number of rotatable bonds is 4. The maximum absolute atomic E-state index is 12.5. The summed E-state index contributed by atoms with van der Waals surface area (Å²) >= 11 is 0. The van der Waals surface area contributed by atoms with E-state index >= 15 is 0 Å². The minimum Gasteiger partial charge on any atom is -0.497 e. The number of carbonyl (C=O) groups excluding carboxylic acids is 1. The van der Waals surface area contributed by atoms with Crippen molar-refractivity contribution in [2.45, 2.75) is 12.2 Å². The van der Waals surface area contributed by atoms with Crippen molar-refractivity contribution in [1.82, 2.24) is 10.6 Å². The van der Waals surface area contributed by atoms with E-state index in [-0.39, 0.29) is 18.0 Å². The average Bonchev–Trinajstić information content (AvgIpc) is 3.05. The zero-order chi connectivity index (χ0) is 14.7. The second-order valence-corrected chi connectivity index (χ2v) is 5.06. The first-order valence-electron chi connectivity index (χ1n) is 7.00. The summed E-state index contributed by atoms with van der Waals surface area (Å²) in [7, 11) is 1.61. The molecule has 2 atom stereocenters. The Hall–Kier alpha value is -2.17. The molecule has 1 fully saturated rings. The highest BCUT2D eigenvalue weighted by Gasteiger charge is 2.29. The minimum atomic E-state index is -0.205. The fraction of sp³-hybridized carbons (Fsp3) is 0.235. The predicted molar refractivity (Wildman–Crippen MR) is 81.4 cm³/mol. The molecule has 0 aromatic heterocycles. The lowest BCUT2D eigenvalue weighted by Gasteiger charge is -2.13. The van der Waals surface area contributed by atoms with Crippen molar-refractivity contribution in [3.8, 4) is 5.75 Å². The fourth-order valence-corrected chi connectivity index (χ4v) is 2.54. The van der Waals surface area contributed by atoms with Crippen LogP contribution in [0.5, 0.6) is 5.75 Å². The van der Waals surface area contributed by atoms with Gasteiger partial charge in [-0.1, -0.05) is 30.3 Å². The molecule has 3 rings (SSSR count). The maximum atomic E-state index is 12.5. The lowest BCUT2D eigenvalue weighted by Crippen LogP contribution is -2.34. The molecule has 0 bridgehead atoms. The van der Waals surface area contributed by atoms with Gasteiger partial charge in [-0.3, -0.25) is 15.4 Å². The summed E-state index contributed by atoms with van der Waals surface area (Å²) in [5, 5.41) is 6.68. The van der Waals surface area contributed by atoms with Crippen molar-refractivity contribution in [2.75, 3.05) is 13.7 Å². The first kappa shape index (κ1) is 13.8. The SMILES string of the molecule is COc1ccc(C(=O)C2CNC(c3ccccc3)N2)cc1. The average molecular weight is 282 g/mol. The third-order valence-electron chi connectivity index (χ3n) is 3.72. The van der Waals surface area contributed by atoms with Crippen molar-refractivity contribution in [3.05, 3.63) is 65.7 Å². The van der Waals surface area contributed by atoms with E-state index in [1.165, 1.54) is 0 Å². The normalized spacial score (nSPS) is 21.2. The number of benzene rings is 2. The van der Waals surface area contributed by atoms with E-state index in [0.29, 0.717) is 12.1 Å². The van der Waals surface area contributed by atoms with Crippen LogP contribution < -0.4 is 15.4 Å². The molecule has 1 heterocycles. The van der Waals surface area contributed by atoms with Crippen LogP contribution in [0.3, 0.4) is 0 Å². The van der Waals surface area contributed by atoms with Gasteiger partial charge in [-0.2, -0.15) is 0 Å². The summed E-state index contributed by atoms with van der Waals surface area (Å²) < 4.78 is 5.11. The van der Waals surface area contributed by atoms with Gasteiger partial charge in [-0.05, 0) is 29.8 Å². The number of Topliss-reactive ketones (excluding diaryl/α,β-unsaturated/α-hetero) is 1. The van der Waals surface area contributed by atoms with Crippen LogP contribution in [0.25, 0.3) is 0 Å². The van der Waals surface area contributed by atoms with Gasteiger partial charge in [0.2, 0.25) is 0 Å². The number of methoxy groups -OCH3 is 1. The number of nitrogens with one attached hydrogen (secondary N) is 2. The first-order chi connectivity index (χ1) is 10.3. The molecule has 2 unspecified atom stereocenters. The van der Waals surface area contributed by atoms with Crippen molar-refractivity contribution in [3.63, 3.8) is 0 Å². The van der Waals surface area contributed by atoms with Crippen LogP contribution >= 0.6 is 0 Å². The Bertz CT molecular complexity index is 610. The third kappa shape index (κ3) is 2.96. The molecule has 4 heteroatoms. The largest absolute Gasteiger partial charge is 0.497 e. The van der Waals surface area contributed by atoms with E-state index in [1.807, 2.05) is 42.5 Å². The van der Waals surface area contributed by atoms with E-state index in [9.17, 15) is 4.79 Å². The number of hydrogen-bond donors (Lipinski definition) is 2. The van der Waals surface area contributed by atoms with Crippen LogP contribution in [0.1, 0.15) is 22.1 Å². The summed E-state index contributed by atoms with van der Waals surface area (Å²) in [6.45, 7) is 0.629. The predicted octanol–water partition coefficient (Wildman–Crippen LogP) is 2.14. The summed E-state index contributed by atoms with van der Waals surface area (Å²) in [5.74, 6) is 0.856. The smallest absolute Gasteiger partial charge is 0.181 e. The third-order valence-corrected chi connectivity index (χ3v) is 3.72. The van der Waals surface area contributed by atoms with Gasteiger partial charge in [0.25, 0.3) is 0 Å². The quantitative estimate of drug-likeness (QED) is 0.844. The topological polar surface area (TPSA) is 50.4 Å². The Labute approximate surface area is 124 Å². The molecular formula is C17H18N2O2. The van der Waals surface area contributed by atoms with Gasteiger partial charge in [-0.15, -0.1) is 0 Å². The van der Waals surface area contributed by atoms with E-state index in [1.54, 1.807) is 19.2 Å². The number of carbonyl (C=O) groups is 1. The lowest BCUT2D eigenvalue weighted by atomic mass is 10.0. The molecule has 108 valence electrons. The van der Waals surface area contributed by atoms with Crippen LogP contribution in [0.15, 0.2) is 54.6 Å². The molecule has 0 aliphatic carbocycles. The van der Waals surface area contributed by atoms with Gasteiger partial charge >= 0.3 is 0 Å². The highest BCUT2D eigenvalue weighted by molar-refractivity contribution is 6.00. The van der Waals surface area contributed by atoms with Crippen LogP contribution in [-0.2, 0) is 0 Å². The fourth-order valence-electron chi connectivity index (χ4n) is 2.54. The molecule has 4 nitrogen and oxygen atoms in total. The zero-order valence-electron chi connectivity index (χ0n) is 11.9. The summed E-state index contributed by atoms with van der Waals surface area (Å²) in [5.41, 5.74) is 1.84. The maximum Gasteiger partial charge on any atom is 0.181 e. The van der Waals surface area contributed by atoms with Gasteiger partial charge in [0, 0.05) is 12.1 Å². The van der Waals surface area contributed by atoms with E-state index < -0.39 is 0 Å². The first-order valence-corrected chi connectivity index (χ1v) is 7.00. The van der Waals surface area contributed by atoms with E-state index in [2.05, 4.69) is 10.6 Å². The van der Waals surface area contributed by atoms with Gasteiger partial charge in [0.1, 0.15) is 5.75 Å². The standard InChI is InChI=1S/C17H18N2O2/c1-21-14-9-7-12(8-10-14)16(20)15-11-18-17(19-15)13-5-3-2-4-6-13/h2-10,15,17-19H,11H2,1H3. The van der Waals surface area contributed by atoms with Crippen LogP contribution in [0.2, 0.25) is 0 Å². The van der Waals surface area contributed by atoms with Crippen LogP contribution in [0.4, 0.5) is 0 Å². The number of ether oxygens (including phenoxy) is 1. The van der Waals surface area contributed by atoms with E-state index in [4.69, 9.17) is 4.74 Å². The van der Waals surface area contributed by atoms with Gasteiger partial charge in [0.15, 0.2) is 5.78 Å². The van der Waals surface area contributed by atoms with Crippen molar-refractivity contribution >= 4 is 5.78 Å². The molecule has 0 saturated carbocycles. The molecule has 2 aromatic carbocycles. The Balaban J connectivity index is 1.69. The monoisotopic (exact) mass is 282 g/mol. The Morgan fingerprint density at radius 2 is 1.81 bits per heavy atom. The second kappa shape index (κ2) is 6.08. The van der Waals surface area contributed by atoms with Gasteiger partial charge < -0.3 is 4.74 Å². The Morgan fingerprint density at radius 1 is 1.10 bits per heavy atom. The van der Waals surface area contributed by atoms with Crippen molar-refractivity contribution in [1.29, 1.82) is 0 Å². The minimum absolute atomic E-state index is 0.0263. The molecule has 2 N–H and O–H groups in total.